The molecule has 27 heavy (non-hydrogen) atoms. The van der Waals surface area contributed by atoms with Gasteiger partial charge in [0.15, 0.2) is 12.4 Å². The molecule has 7 nitrogen and oxygen atoms in total. The van der Waals surface area contributed by atoms with Crippen molar-refractivity contribution >= 4 is 17.7 Å². The molecule has 0 fully saturated rings. The van der Waals surface area contributed by atoms with E-state index < -0.39 is 5.97 Å². The zero-order valence-electron chi connectivity index (χ0n) is 14.7. The number of nitriles is 1. The van der Waals surface area contributed by atoms with E-state index in [2.05, 4.69) is 21.6 Å². The van der Waals surface area contributed by atoms with Crippen molar-refractivity contribution < 1.29 is 9.53 Å². The molecule has 0 aliphatic rings. The van der Waals surface area contributed by atoms with Gasteiger partial charge in [0, 0.05) is 16.3 Å². The van der Waals surface area contributed by atoms with Crippen LogP contribution < -0.4 is 0 Å². The summed E-state index contributed by atoms with van der Waals surface area (Å²) in [7, 11) is 0. The summed E-state index contributed by atoms with van der Waals surface area (Å²) in [5.74, 6) is 0.0451. The van der Waals surface area contributed by atoms with Crippen molar-refractivity contribution in [2.45, 2.75) is 36.3 Å². The van der Waals surface area contributed by atoms with Gasteiger partial charge in [0.05, 0.1) is 11.1 Å². The van der Waals surface area contributed by atoms with E-state index >= 15 is 0 Å². The van der Waals surface area contributed by atoms with E-state index in [9.17, 15) is 10.1 Å². The second-order valence-electron chi connectivity index (χ2n) is 5.60. The zero-order chi connectivity index (χ0) is 19.1. The maximum Gasteiger partial charge on any atom is 0.339 e. The third kappa shape index (κ3) is 4.51. The number of tetrazole rings is 1. The van der Waals surface area contributed by atoms with Crippen molar-refractivity contribution in [2.24, 2.45) is 0 Å². The molecule has 0 saturated heterocycles. The standard InChI is InChI=1S/C19H17N5O2S/c1-2-11-24-18(21-22-23-24)13-26-19(25)15-8-4-6-10-17(15)27-16-9-5-3-7-14(16)12-20/h3-10H,2,11,13H2,1H3. The van der Waals surface area contributed by atoms with Gasteiger partial charge in [-0.2, -0.15) is 5.26 Å². The molecule has 8 heteroatoms. The van der Waals surface area contributed by atoms with E-state index in [4.69, 9.17) is 4.74 Å². The summed E-state index contributed by atoms with van der Waals surface area (Å²) in [6.45, 7) is 2.68. The highest BCUT2D eigenvalue weighted by molar-refractivity contribution is 7.99. The van der Waals surface area contributed by atoms with Crippen molar-refractivity contribution in [1.82, 2.24) is 20.2 Å². The van der Waals surface area contributed by atoms with Gasteiger partial charge in [-0.3, -0.25) is 0 Å². The van der Waals surface area contributed by atoms with Crippen LogP contribution in [0.5, 0.6) is 0 Å². The van der Waals surface area contributed by atoms with Gasteiger partial charge < -0.3 is 4.74 Å². The average molecular weight is 379 g/mol. The van der Waals surface area contributed by atoms with Gasteiger partial charge in [0.2, 0.25) is 0 Å². The lowest BCUT2D eigenvalue weighted by molar-refractivity contribution is 0.0452. The Hall–Kier alpha value is -3.18. The number of hydrogen-bond acceptors (Lipinski definition) is 7. The first-order valence-corrected chi connectivity index (χ1v) is 9.22. The van der Waals surface area contributed by atoms with Crippen LogP contribution in [0.15, 0.2) is 58.3 Å². The Kier molecular flexibility index (Phi) is 6.18. The highest BCUT2D eigenvalue weighted by Crippen LogP contribution is 2.32. The molecule has 3 rings (SSSR count). The third-order valence-corrected chi connectivity index (χ3v) is 4.86. The van der Waals surface area contributed by atoms with E-state index in [1.807, 2.05) is 37.3 Å². The number of aryl methyl sites for hydroxylation is 1. The molecule has 0 spiro atoms. The molecule has 0 saturated carbocycles. The normalized spacial score (nSPS) is 10.4. The first-order valence-electron chi connectivity index (χ1n) is 8.41. The Morgan fingerprint density at radius 1 is 1.19 bits per heavy atom. The minimum Gasteiger partial charge on any atom is -0.454 e. The minimum absolute atomic E-state index is 0.000380. The fourth-order valence-electron chi connectivity index (χ4n) is 2.41. The first-order chi connectivity index (χ1) is 13.2. The highest BCUT2D eigenvalue weighted by atomic mass is 32.2. The third-order valence-electron chi connectivity index (χ3n) is 3.71. The second kappa shape index (κ2) is 8.96. The number of rotatable bonds is 7. The van der Waals surface area contributed by atoms with Crippen molar-refractivity contribution in [2.75, 3.05) is 0 Å². The van der Waals surface area contributed by atoms with Gasteiger partial charge >= 0.3 is 5.97 Å². The van der Waals surface area contributed by atoms with Crippen LogP contribution in [-0.2, 0) is 17.9 Å². The Bertz CT molecular complexity index is 980. The van der Waals surface area contributed by atoms with Gasteiger partial charge in [-0.05, 0) is 41.1 Å². The summed E-state index contributed by atoms with van der Waals surface area (Å²) in [6, 6.07) is 16.6. The molecule has 136 valence electrons. The van der Waals surface area contributed by atoms with Gasteiger partial charge in [0.1, 0.15) is 6.07 Å². The Balaban J connectivity index is 1.76. The molecule has 2 aromatic carbocycles. The van der Waals surface area contributed by atoms with Crippen molar-refractivity contribution in [1.29, 1.82) is 5.26 Å². The number of esters is 1. The average Bonchev–Trinajstić information content (AvgIpc) is 3.14. The monoisotopic (exact) mass is 379 g/mol. The number of benzene rings is 2. The fourth-order valence-corrected chi connectivity index (χ4v) is 3.43. The summed E-state index contributed by atoms with van der Waals surface area (Å²) in [6.07, 6.45) is 0.879. The lowest BCUT2D eigenvalue weighted by atomic mass is 10.2. The molecule has 1 aromatic heterocycles. The maximum atomic E-state index is 12.6. The van der Waals surface area contributed by atoms with E-state index in [0.717, 1.165) is 16.2 Å². The molecule has 0 radical (unpaired) electrons. The largest absolute Gasteiger partial charge is 0.454 e. The van der Waals surface area contributed by atoms with E-state index in [1.165, 1.54) is 11.8 Å². The van der Waals surface area contributed by atoms with Crippen LogP contribution in [0.25, 0.3) is 0 Å². The SMILES string of the molecule is CCCn1nnnc1COC(=O)c1ccccc1Sc1ccccc1C#N. The number of aromatic nitrogens is 4. The molecule has 1 heterocycles. The molecule has 3 aromatic rings. The van der Waals surface area contributed by atoms with Crippen LogP contribution in [0, 0.1) is 11.3 Å². The summed E-state index contributed by atoms with van der Waals surface area (Å²) in [4.78, 5) is 14.1. The number of nitrogens with zero attached hydrogens (tertiary/aromatic N) is 5. The van der Waals surface area contributed by atoms with Crippen molar-refractivity contribution in [3.63, 3.8) is 0 Å². The van der Waals surface area contributed by atoms with Crippen LogP contribution in [0.4, 0.5) is 0 Å². The van der Waals surface area contributed by atoms with Crippen LogP contribution in [0.3, 0.4) is 0 Å². The van der Waals surface area contributed by atoms with Crippen LogP contribution in [0.1, 0.15) is 35.1 Å². The predicted molar refractivity (Wildman–Crippen MR) is 98.9 cm³/mol. The summed E-state index contributed by atoms with van der Waals surface area (Å²) >= 11 is 1.36. The molecule has 0 unspecified atom stereocenters. The smallest absolute Gasteiger partial charge is 0.339 e. The molecule has 0 aliphatic heterocycles. The fraction of sp³-hybridized carbons (Fsp3) is 0.211. The molecule has 0 aliphatic carbocycles. The summed E-state index contributed by atoms with van der Waals surface area (Å²) in [5, 5.41) is 20.7. The molecule has 0 N–H and O–H groups in total. The van der Waals surface area contributed by atoms with Gasteiger partial charge in [-0.1, -0.05) is 43.0 Å². The van der Waals surface area contributed by atoms with Gasteiger partial charge in [0.25, 0.3) is 0 Å². The van der Waals surface area contributed by atoms with E-state index in [0.29, 0.717) is 23.5 Å². The Morgan fingerprint density at radius 2 is 1.93 bits per heavy atom. The number of ether oxygens (including phenoxy) is 1. The van der Waals surface area contributed by atoms with Gasteiger partial charge in [-0.25, -0.2) is 9.48 Å². The number of carbonyl (C=O) groups excluding carboxylic acids is 1. The topological polar surface area (TPSA) is 93.7 Å². The lowest BCUT2D eigenvalue weighted by Crippen LogP contribution is -2.11. The summed E-state index contributed by atoms with van der Waals surface area (Å²) in [5.41, 5.74) is 0.995. The Labute approximate surface area is 161 Å². The van der Waals surface area contributed by atoms with Gasteiger partial charge in [-0.15, -0.1) is 5.10 Å². The molecule has 0 bridgehead atoms. The lowest BCUT2D eigenvalue weighted by Gasteiger charge is -2.10. The molecular formula is C19H17N5O2S. The molecular weight excluding hydrogens is 362 g/mol. The van der Waals surface area contributed by atoms with Crippen molar-refractivity contribution in [3.8, 4) is 6.07 Å². The summed E-state index contributed by atoms with van der Waals surface area (Å²) < 4.78 is 7.04. The minimum atomic E-state index is -0.460. The predicted octanol–water partition coefficient (Wildman–Crippen LogP) is 3.46. The first kappa shape index (κ1) is 18.6. The highest BCUT2D eigenvalue weighted by Gasteiger charge is 2.16. The van der Waals surface area contributed by atoms with Crippen LogP contribution in [-0.4, -0.2) is 26.2 Å². The second-order valence-corrected chi connectivity index (χ2v) is 6.68. The Morgan fingerprint density at radius 3 is 2.70 bits per heavy atom. The van der Waals surface area contributed by atoms with E-state index in [-0.39, 0.29) is 6.61 Å². The molecule has 0 atom stereocenters. The van der Waals surface area contributed by atoms with Crippen molar-refractivity contribution in [3.05, 3.63) is 65.5 Å². The van der Waals surface area contributed by atoms with Crippen LogP contribution in [0.2, 0.25) is 0 Å². The zero-order valence-corrected chi connectivity index (χ0v) is 15.5. The maximum absolute atomic E-state index is 12.6. The number of hydrogen-bond donors (Lipinski definition) is 0. The quantitative estimate of drug-likeness (QED) is 0.580. The van der Waals surface area contributed by atoms with Crippen LogP contribution >= 0.6 is 11.8 Å². The number of carbonyl (C=O) groups is 1. The molecule has 0 amide bonds. The van der Waals surface area contributed by atoms with E-state index in [1.54, 1.807) is 22.9 Å².